The van der Waals surface area contributed by atoms with Crippen LogP contribution in [0.1, 0.15) is 81.7 Å². The molecule has 0 amide bonds. The zero-order valence-electron chi connectivity index (χ0n) is 28.7. The second-order valence-corrected chi connectivity index (χ2v) is 13.3. The van der Waals surface area contributed by atoms with E-state index in [0.29, 0.717) is 57.7 Å². The average molecular weight is 675 g/mol. The number of carbonyl (C=O) groups is 1. The molecule has 0 N–H and O–H groups in total. The van der Waals surface area contributed by atoms with Gasteiger partial charge in [0, 0.05) is 0 Å². The van der Waals surface area contributed by atoms with Gasteiger partial charge in [0.05, 0.1) is 35.1 Å². The fraction of sp³-hybridized carbons (Fsp3) is 0.293. The van der Waals surface area contributed by atoms with Crippen LogP contribution in [0.5, 0.6) is 11.5 Å². The van der Waals surface area contributed by atoms with E-state index in [2.05, 4.69) is 57.2 Å². The lowest BCUT2D eigenvalue weighted by molar-refractivity contribution is -0.139. The highest BCUT2D eigenvalue weighted by atomic mass is 32.1. The van der Waals surface area contributed by atoms with Gasteiger partial charge in [-0.2, -0.15) is 0 Å². The molecule has 0 saturated heterocycles. The number of aromatic nitrogens is 1. The van der Waals surface area contributed by atoms with Gasteiger partial charge in [-0.05, 0) is 77.4 Å². The maximum atomic E-state index is 14.3. The zero-order valence-corrected chi connectivity index (χ0v) is 29.5. The molecule has 2 heterocycles. The molecule has 252 valence electrons. The largest absolute Gasteiger partial charge is 0.490 e. The van der Waals surface area contributed by atoms with Crippen molar-refractivity contribution in [3.05, 3.63) is 138 Å². The van der Waals surface area contributed by atoms with Crippen LogP contribution in [-0.2, 0) is 16.1 Å². The lowest BCUT2D eigenvalue weighted by Gasteiger charge is -2.26. The molecule has 8 heteroatoms. The van der Waals surface area contributed by atoms with Crippen molar-refractivity contribution in [1.29, 1.82) is 0 Å². The third-order valence-corrected chi connectivity index (χ3v) is 9.62. The summed E-state index contributed by atoms with van der Waals surface area (Å²) in [6, 6.07) is 27.7. The Bertz CT molecular complexity index is 2190. The first-order valence-corrected chi connectivity index (χ1v) is 17.8. The number of carbonyl (C=O) groups excluding carboxylic acids is 1. The third-order valence-electron chi connectivity index (χ3n) is 8.64. The maximum Gasteiger partial charge on any atom is 0.338 e. The quantitative estimate of drug-likeness (QED) is 0.126. The monoisotopic (exact) mass is 674 g/mol. The molecule has 0 bridgehead atoms. The number of rotatable bonds is 12. The predicted octanol–water partition coefficient (Wildman–Crippen LogP) is 7.83. The summed E-state index contributed by atoms with van der Waals surface area (Å²) in [6.45, 7) is 11.1. The van der Waals surface area contributed by atoms with Crippen LogP contribution in [0.2, 0.25) is 0 Å². The van der Waals surface area contributed by atoms with Crippen molar-refractivity contribution in [2.24, 2.45) is 4.99 Å². The molecule has 0 spiro atoms. The van der Waals surface area contributed by atoms with Crippen molar-refractivity contribution in [3.63, 3.8) is 0 Å². The number of benzene rings is 4. The second-order valence-electron chi connectivity index (χ2n) is 12.3. The van der Waals surface area contributed by atoms with Crippen LogP contribution < -0.4 is 24.4 Å². The summed E-state index contributed by atoms with van der Waals surface area (Å²) in [6.07, 6.45) is 3.25. The van der Waals surface area contributed by atoms with Gasteiger partial charge in [0.2, 0.25) is 0 Å². The van der Waals surface area contributed by atoms with Gasteiger partial charge in [0.15, 0.2) is 16.3 Å². The van der Waals surface area contributed by atoms with E-state index >= 15 is 0 Å². The number of hydrogen-bond donors (Lipinski definition) is 0. The van der Waals surface area contributed by atoms with E-state index in [-0.39, 0.29) is 12.2 Å². The van der Waals surface area contributed by atoms with Gasteiger partial charge in [-0.3, -0.25) is 9.36 Å². The molecule has 0 radical (unpaired) electrons. The number of allylic oxidation sites excluding steroid dienone is 1. The second kappa shape index (κ2) is 15.1. The Labute approximate surface area is 290 Å². The topological polar surface area (TPSA) is 79.1 Å². The highest BCUT2D eigenvalue weighted by Crippen LogP contribution is 2.34. The number of esters is 1. The predicted molar refractivity (Wildman–Crippen MR) is 196 cm³/mol. The van der Waals surface area contributed by atoms with Gasteiger partial charge in [0.25, 0.3) is 5.56 Å². The van der Waals surface area contributed by atoms with Crippen LogP contribution >= 0.6 is 11.3 Å². The zero-order chi connectivity index (χ0) is 34.5. The van der Waals surface area contributed by atoms with E-state index in [4.69, 9.17) is 19.2 Å². The molecule has 5 aromatic rings. The van der Waals surface area contributed by atoms with Gasteiger partial charge in [0.1, 0.15) is 6.61 Å². The summed E-state index contributed by atoms with van der Waals surface area (Å²) in [7, 11) is 0. The minimum Gasteiger partial charge on any atom is -0.490 e. The Morgan fingerprint density at radius 3 is 2.43 bits per heavy atom. The molecule has 1 aromatic heterocycles. The summed E-state index contributed by atoms with van der Waals surface area (Å²) >= 11 is 1.32. The Morgan fingerprint density at radius 2 is 1.69 bits per heavy atom. The Kier molecular flexibility index (Phi) is 10.4. The van der Waals surface area contributed by atoms with E-state index < -0.39 is 12.0 Å². The van der Waals surface area contributed by atoms with Crippen LogP contribution in [0.4, 0.5) is 0 Å². The molecule has 1 atom stereocenters. The first-order chi connectivity index (χ1) is 23.8. The van der Waals surface area contributed by atoms with Crippen molar-refractivity contribution in [1.82, 2.24) is 4.57 Å². The molecule has 0 unspecified atom stereocenters. The SMILES string of the molecule is CCCC1=C(C(=O)OCC)[C@@H](c2ccc(C(C)C)cc2)n2c(s/c(=C\c3ccc(OCc4cccc5ccccc45)c(OCC)c3)c2=O)=N1. The summed E-state index contributed by atoms with van der Waals surface area (Å²) in [5.41, 5.74) is 4.78. The molecule has 4 aromatic carbocycles. The molecular weight excluding hydrogens is 633 g/mol. The molecular formula is C41H42N2O5S. The van der Waals surface area contributed by atoms with Crippen molar-refractivity contribution >= 4 is 34.2 Å². The molecule has 49 heavy (non-hydrogen) atoms. The van der Waals surface area contributed by atoms with Gasteiger partial charge >= 0.3 is 5.97 Å². The van der Waals surface area contributed by atoms with Crippen LogP contribution in [0.15, 0.2) is 106 Å². The molecule has 1 aliphatic rings. The van der Waals surface area contributed by atoms with E-state index in [1.54, 1.807) is 11.5 Å². The van der Waals surface area contributed by atoms with Gasteiger partial charge in [-0.1, -0.05) is 111 Å². The molecule has 0 aliphatic carbocycles. The van der Waals surface area contributed by atoms with Crippen LogP contribution in [0.3, 0.4) is 0 Å². The normalized spacial score (nSPS) is 14.6. The number of nitrogens with zero attached hydrogens (tertiary/aromatic N) is 2. The van der Waals surface area contributed by atoms with Crippen molar-refractivity contribution in [2.45, 2.75) is 66.0 Å². The van der Waals surface area contributed by atoms with Crippen LogP contribution in [0, 0.1) is 0 Å². The highest BCUT2D eigenvalue weighted by Gasteiger charge is 2.34. The lowest BCUT2D eigenvalue weighted by atomic mass is 9.92. The van der Waals surface area contributed by atoms with Crippen molar-refractivity contribution in [3.8, 4) is 11.5 Å². The number of thiazole rings is 1. The third kappa shape index (κ3) is 7.10. The van der Waals surface area contributed by atoms with E-state index in [1.807, 2.05) is 61.5 Å². The summed E-state index contributed by atoms with van der Waals surface area (Å²) in [5.74, 6) is 1.13. The highest BCUT2D eigenvalue weighted by molar-refractivity contribution is 7.07. The number of ether oxygens (including phenoxy) is 3. The maximum absolute atomic E-state index is 14.3. The molecule has 0 fully saturated rings. The summed E-state index contributed by atoms with van der Waals surface area (Å²) in [4.78, 5) is 33.2. The molecule has 1 aliphatic heterocycles. The Balaban J connectivity index is 1.40. The summed E-state index contributed by atoms with van der Waals surface area (Å²) < 4.78 is 20.0. The average Bonchev–Trinajstić information content (AvgIpc) is 3.41. The first kappa shape index (κ1) is 33.9. The molecule has 6 rings (SSSR count). The molecule has 0 saturated carbocycles. The van der Waals surface area contributed by atoms with Gasteiger partial charge < -0.3 is 14.2 Å². The minimum atomic E-state index is -0.649. The fourth-order valence-electron chi connectivity index (χ4n) is 6.23. The fourth-order valence-corrected chi connectivity index (χ4v) is 7.25. The van der Waals surface area contributed by atoms with Gasteiger partial charge in [-0.25, -0.2) is 9.79 Å². The lowest BCUT2D eigenvalue weighted by Crippen LogP contribution is -2.40. The Hall–Kier alpha value is -4.95. The van der Waals surface area contributed by atoms with Crippen LogP contribution in [0.25, 0.3) is 16.8 Å². The number of fused-ring (bicyclic) bond motifs is 2. The minimum absolute atomic E-state index is 0.215. The first-order valence-electron chi connectivity index (χ1n) is 17.0. The van der Waals surface area contributed by atoms with Crippen LogP contribution in [-0.4, -0.2) is 23.8 Å². The van der Waals surface area contributed by atoms with E-state index in [9.17, 15) is 9.59 Å². The molecule has 7 nitrogen and oxygen atoms in total. The Morgan fingerprint density at radius 1 is 0.918 bits per heavy atom. The van der Waals surface area contributed by atoms with E-state index in [0.717, 1.165) is 33.9 Å². The standard InChI is InChI=1S/C41H42N2O5S/c1-6-12-33-37(40(45)47-8-3)38(30-20-18-28(19-21-30)26(4)5)43-39(44)36(49-41(43)42-33)24-27-17-22-34(35(23-27)46-7-2)48-25-31-15-11-14-29-13-9-10-16-32(29)31/h9-11,13-24,26,38H,6-8,12,25H2,1-5H3/b36-24-/t38-/m1/s1. The number of hydrogen-bond acceptors (Lipinski definition) is 7. The van der Waals surface area contributed by atoms with Crippen molar-refractivity contribution in [2.75, 3.05) is 13.2 Å². The van der Waals surface area contributed by atoms with Gasteiger partial charge in [-0.15, -0.1) is 0 Å². The van der Waals surface area contributed by atoms with Crippen molar-refractivity contribution < 1.29 is 19.0 Å². The summed E-state index contributed by atoms with van der Waals surface area (Å²) in [5, 5.41) is 2.31. The van der Waals surface area contributed by atoms with E-state index in [1.165, 1.54) is 16.9 Å². The smallest absolute Gasteiger partial charge is 0.338 e.